The third-order valence-electron chi connectivity index (χ3n) is 19.4. The Morgan fingerprint density at radius 1 is 0.238 bits per heavy atom. The lowest BCUT2D eigenvalue weighted by atomic mass is 10.0. The van der Waals surface area contributed by atoms with Crippen molar-refractivity contribution in [1.82, 2.24) is 0 Å². The van der Waals surface area contributed by atoms with E-state index in [1.54, 1.807) is 0 Å². The largest absolute Gasteiger partial charge is 0.472 e. The van der Waals surface area contributed by atoms with E-state index in [4.69, 9.17) is 37.0 Å². The van der Waals surface area contributed by atoms with E-state index < -0.39 is 97.5 Å². The molecule has 0 aromatic carbocycles. The second kappa shape index (κ2) is 76.3. The molecule has 0 spiro atoms. The highest BCUT2D eigenvalue weighted by atomic mass is 31.2. The summed E-state index contributed by atoms with van der Waals surface area (Å²) in [5.41, 5.74) is 0. The first-order valence-corrected chi connectivity index (χ1v) is 45.8. The molecule has 0 aliphatic rings. The van der Waals surface area contributed by atoms with Crippen molar-refractivity contribution in [3.63, 3.8) is 0 Å². The number of ether oxygens (including phenoxy) is 4. The summed E-state index contributed by atoms with van der Waals surface area (Å²) >= 11 is 0. The second-order valence-corrected chi connectivity index (χ2v) is 32.4. The Hall–Kier alpha value is -1.94. The number of hydrogen-bond donors (Lipinski definition) is 3. The molecule has 0 aliphatic carbocycles. The molecular formula is C82H160O17P2. The van der Waals surface area contributed by atoms with Crippen molar-refractivity contribution in [1.29, 1.82) is 0 Å². The first-order chi connectivity index (χ1) is 49.2. The molecule has 0 radical (unpaired) electrons. The lowest BCUT2D eigenvalue weighted by molar-refractivity contribution is -0.161. The topological polar surface area (TPSA) is 237 Å². The van der Waals surface area contributed by atoms with Gasteiger partial charge in [-0.1, -0.05) is 394 Å². The fraction of sp³-hybridized carbons (Fsp3) is 0.951. The Morgan fingerprint density at radius 2 is 0.396 bits per heavy atom. The fourth-order valence-corrected chi connectivity index (χ4v) is 14.4. The number of aliphatic hydroxyl groups excluding tert-OH is 1. The van der Waals surface area contributed by atoms with Gasteiger partial charge in [0.05, 0.1) is 26.4 Å². The van der Waals surface area contributed by atoms with E-state index in [9.17, 15) is 43.2 Å². The van der Waals surface area contributed by atoms with E-state index in [0.717, 1.165) is 89.9 Å². The van der Waals surface area contributed by atoms with Crippen LogP contribution in [0.15, 0.2) is 0 Å². The van der Waals surface area contributed by atoms with Crippen molar-refractivity contribution in [3.8, 4) is 0 Å². The Bertz CT molecular complexity index is 1910. The molecule has 0 aliphatic heterocycles. The van der Waals surface area contributed by atoms with E-state index >= 15 is 0 Å². The van der Waals surface area contributed by atoms with Crippen LogP contribution in [0.3, 0.4) is 0 Å². The Balaban J connectivity index is 5.25. The van der Waals surface area contributed by atoms with Gasteiger partial charge in [-0.15, -0.1) is 0 Å². The number of carbonyl (C=O) groups is 4. The standard InChI is InChI=1S/C82H160O17P2/c1-5-9-13-17-21-25-29-33-36-38-41-43-47-51-55-59-63-67-80(85)93-73-78(99-82(87)69-65-61-57-53-49-45-42-39-37-34-30-26-22-18-14-10-6-2)75-97-101(90,91)95-71-76(83)70-94-100(88,89)96-74-77(72-92-79(84)66-62-58-54-50-46-32-28-24-20-16-12-8-4)98-81(86)68-64-60-56-52-48-44-40-35-31-27-23-19-15-11-7-3/h76-78,83H,5-75H2,1-4H3,(H,88,89)(H,90,91)/t76?,77-,78-/m1/s1. The highest BCUT2D eigenvalue weighted by Crippen LogP contribution is 2.45. The van der Waals surface area contributed by atoms with E-state index in [-0.39, 0.29) is 25.7 Å². The van der Waals surface area contributed by atoms with Crippen LogP contribution in [0, 0.1) is 0 Å². The maximum atomic E-state index is 13.1. The van der Waals surface area contributed by atoms with Crippen LogP contribution in [-0.2, 0) is 65.4 Å². The van der Waals surface area contributed by atoms with Crippen LogP contribution in [0.5, 0.6) is 0 Å². The summed E-state index contributed by atoms with van der Waals surface area (Å²) < 4.78 is 68.8. The molecule has 101 heavy (non-hydrogen) atoms. The molecule has 3 unspecified atom stereocenters. The third kappa shape index (κ3) is 76.1. The second-order valence-electron chi connectivity index (χ2n) is 29.5. The third-order valence-corrected chi connectivity index (χ3v) is 21.3. The highest BCUT2D eigenvalue weighted by molar-refractivity contribution is 7.47. The fourth-order valence-electron chi connectivity index (χ4n) is 12.8. The van der Waals surface area contributed by atoms with Gasteiger partial charge >= 0.3 is 39.5 Å². The quantitative estimate of drug-likeness (QED) is 0.0222. The molecule has 0 bridgehead atoms. The minimum absolute atomic E-state index is 0.109. The zero-order valence-electron chi connectivity index (χ0n) is 65.9. The molecule has 0 aromatic heterocycles. The van der Waals surface area contributed by atoms with Crippen LogP contribution >= 0.6 is 15.6 Å². The lowest BCUT2D eigenvalue weighted by Gasteiger charge is -2.21. The van der Waals surface area contributed by atoms with Crippen LogP contribution in [-0.4, -0.2) is 96.7 Å². The molecule has 3 N–H and O–H groups in total. The summed E-state index contributed by atoms with van der Waals surface area (Å²) in [5.74, 6) is -2.10. The number of carbonyl (C=O) groups excluding carboxylic acids is 4. The number of phosphoric acid groups is 2. The predicted molar refractivity (Wildman–Crippen MR) is 414 cm³/mol. The van der Waals surface area contributed by atoms with Crippen molar-refractivity contribution in [3.05, 3.63) is 0 Å². The zero-order valence-corrected chi connectivity index (χ0v) is 67.7. The van der Waals surface area contributed by atoms with Gasteiger partial charge in [0.2, 0.25) is 0 Å². The Labute approximate surface area is 619 Å². The first kappa shape index (κ1) is 99.1. The van der Waals surface area contributed by atoms with Crippen LogP contribution in [0.25, 0.3) is 0 Å². The van der Waals surface area contributed by atoms with Gasteiger partial charge in [0, 0.05) is 25.7 Å². The zero-order chi connectivity index (χ0) is 73.9. The number of esters is 4. The highest BCUT2D eigenvalue weighted by Gasteiger charge is 2.30. The Morgan fingerprint density at radius 3 is 0.584 bits per heavy atom. The van der Waals surface area contributed by atoms with Crippen molar-refractivity contribution in [2.24, 2.45) is 0 Å². The average Bonchev–Trinajstić information content (AvgIpc) is 0.955. The van der Waals surface area contributed by atoms with Gasteiger partial charge in [-0.2, -0.15) is 0 Å². The van der Waals surface area contributed by atoms with Gasteiger partial charge in [-0.05, 0) is 25.7 Å². The number of unbranched alkanes of at least 4 members (excludes halogenated alkanes) is 57. The molecule has 0 heterocycles. The van der Waals surface area contributed by atoms with Crippen molar-refractivity contribution >= 4 is 39.5 Å². The van der Waals surface area contributed by atoms with Crippen molar-refractivity contribution < 1.29 is 80.2 Å². The minimum Gasteiger partial charge on any atom is -0.462 e. The van der Waals surface area contributed by atoms with E-state index in [2.05, 4.69) is 27.7 Å². The van der Waals surface area contributed by atoms with Gasteiger partial charge in [0.25, 0.3) is 0 Å². The molecule has 0 saturated carbocycles. The summed E-state index contributed by atoms with van der Waals surface area (Å²) in [6.07, 6.45) is 69.2. The van der Waals surface area contributed by atoms with E-state index in [1.807, 2.05) is 0 Å². The molecule has 0 rings (SSSR count). The number of hydrogen-bond acceptors (Lipinski definition) is 15. The molecule has 0 saturated heterocycles. The lowest BCUT2D eigenvalue weighted by Crippen LogP contribution is -2.30. The van der Waals surface area contributed by atoms with Crippen LogP contribution in [0.4, 0.5) is 0 Å². The summed E-state index contributed by atoms with van der Waals surface area (Å²) in [7, 11) is -9.92. The van der Waals surface area contributed by atoms with Crippen molar-refractivity contribution in [2.75, 3.05) is 39.6 Å². The van der Waals surface area contributed by atoms with Crippen LogP contribution in [0.1, 0.15) is 445 Å². The van der Waals surface area contributed by atoms with Gasteiger partial charge in [0.15, 0.2) is 12.2 Å². The smallest absolute Gasteiger partial charge is 0.462 e. The SMILES string of the molecule is CCCCCCCCCCCCCCCCCCCC(=O)OC[C@H](COP(=O)(O)OCC(O)COP(=O)(O)OC[C@@H](COC(=O)CCCCCCCCCCCCCC)OC(=O)CCCCCCCCCCCCCCCCC)OC(=O)CCCCCCCCCCCCCCCCCCC. The molecule has 5 atom stereocenters. The normalized spacial score (nSPS) is 13.8. The molecule has 600 valence electrons. The summed E-state index contributed by atoms with van der Waals surface area (Å²) in [6.45, 7) is 5.05. The average molecular weight is 1480 g/mol. The minimum atomic E-state index is -4.96. The van der Waals surface area contributed by atoms with Crippen LogP contribution < -0.4 is 0 Å². The van der Waals surface area contributed by atoms with E-state index in [1.165, 1.54) is 276 Å². The number of rotatable bonds is 83. The van der Waals surface area contributed by atoms with Gasteiger partial charge < -0.3 is 33.8 Å². The van der Waals surface area contributed by atoms with Gasteiger partial charge in [-0.25, -0.2) is 9.13 Å². The molecule has 19 heteroatoms. The van der Waals surface area contributed by atoms with E-state index in [0.29, 0.717) is 25.7 Å². The van der Waals surface area contributed by atoms with Crippen molar-refractivity contribution in [2.45, 2.75) is 463 Å². The first-order valence-electron chi connectivity index (χ1n) is 42.8. The maximum absolute atomic E-state index is 13.1. The van der Waals surface area contributed by atoms with Crippen LogP contribution in [0.2, 0.25) is 0 Å². The molecular weight excluding hydrogens is 1320 g/mol. The molecule has 0 aromatic rings. The van der Waals surface area contributed by atoms with Gasteiger partial charge in [-0.3, -0.25) is 37.3 Å². The monoisotopic (exact) mass is 1480 g/mol. The summed E-state index contributed by atoms with van der Waals surface area (Å²) in [6, 6.07) is 0. The molecule has 0 fully saturated rings. The predicted octanol–water partition coefficient (Wildman–Crippen LogP) is 25.0. The number of aliphatic hydroxyl groups is 1. The van der Waals surface area contributed by atoms with Gasteiger partial charge in [0.1, 0.15) is 19.3 Å². The maximum Gasteiger partial charge on any atom is 0.472 e. The molecule has 17 nitrogen and oxygen atoms in total. The number of phosphoric ester groups is 2. The summed E-state index contributed by atoms with van der Waals surface area (Å²) in [4.78, 5) is 73.1. The summed E-state index contributed by atoms with van der Waals surface area (Å²) in [5, 5.41) is 10.7. The Kier molecular flexibility index (Phi) is 74.8. The molecule has 0 amide bonds.